The van der Waals surface area contributed by atoms with Gasteiger partial charge in [-0.1, -0.05) is 127 Å². The summed E-state index contributed by atoms with van der Waals surface area (Å²) in [5.41, 5.74) is 30.3. The highest BCUT2D eigenvalue weighted by atomic mass is 16.7. The molecule has 1 heterocycles. The first-order valence-corrected chi connectivity index (χ1v) is 22.1. The van der Waals surface area contributed by atoms with Crippen molar-refractivity contribution in [2.45, 2.75) is 106 Å². The molecule has 8 rings (SSSR count). The maximum absolute atomic E-state index is 11.7. The van der Waals surface area contributed by atoms with Gasteiger partial charge in [-0.25, -0.2) is 0 Å². The Bertz CT molecular complexity index is 2330. The zero-order chi connectivity index (χ0) is 42.1. The minimum absolute atomic E-state index is 0.159. The molecule has 0 radical (unpaired) electrons. The van der Waals surface area contributed by atoms with Crippen molar-refractivity contribution in [2.75, 3.05) is 26.4 Å². The van der Waals surface area contributed by atoms with Gasteiger partial charge < -0.3 is 51.7 Å². The number of aliphatic hydroxyl groups is 1. The first-order valence-electron chi connectivity index (χ1n) is 22.1. The summed E-state index contributed by atoms with van der Waals surface area (Å²) in [7, 11) is 0. The molecule has 0 aromatic heterocycles. The second kappa shape index (κ2) is 20.7. The maximum Gasteiger partial charge on any atom is 0.176 e. The molecule has 10 nitrogen and oxygen atoms in total. The zero-order valence-corrected chi connectivity index (χ0v) is 35.0. The van der Waals surface area contributed by atoms with E-state index in [1.54, 1.807) is 0 Å². The SMILES string of the molecule is NC[C@H]1O[C@H](O[C@H]2[C@H](O)[C@@H](OCCCc3ccc4ccccc4c3)[C@H](N)C[C@@H]2N)[C@H](N)[C@@H](OCCCc2ccc3ccccc3c2)[C@@H]1OCCCc1ccc2ccccc2c1. The van der Waals surface area contributed by atoms with Crippen LogP contribution in [0.1, 0.15) is 42.4 Å². The first kappa shape index (κ1) is 43.4. The topological polar surface area (TPSA) is 170 Å². The van der Waals surface area contributed by atoms with Gasteiger partial charge in [0.1, 0.15) is 36.6 Å². The summed E-state index contributed by atoms with van der Waals surface area (Å²) >= 11 is 0. The van der Waals surface area contributed by atoms with Crippen LogP contribution < -0.4 is 22.9 Å². The summed E-state index contributed by atoms with van der Waals surface area (Å²) < 4.78 is 32.6. The number of nitrogens with two attached hydrogens (primary N) is 4. The van der Waals surface area contributed by atoms with Crippen molar-refractivity contribution in [1.29, 1.82) is 0 Å². The van der Waals surface area contributed by atoms with Crippen molar-refractivity contribution in [3.05, 3.63) is 144 Å². The predicted octanol–water partition coefficient (Wildman–Crippen LogP) is 6.32. The fourth-order valence-corrected chi connectivity index (χ4v) is 9.15. The Kier molecular flexibility index (Phi) is 14.7. The van der Waals surface area contributed by atoms with Gasteiger partial charge in [-0.05, 0) is 94.0 Å². The van der Waals surface area contributed by atoms with Gasteiger partial charge in [-0.3, -0.25) is 0 Å². The number of benzene rings is 6. The van der Waals surface area contributed by atoms with E-state index in [2.05, 4.69) is 121 Å². The molecule has 6 aromatic carbocycles. The summed E-state index contributed by atoms with van der Waals surface area (Å²) in [5, 5.41) is 19.0. The quantitative estimate of drug-likeness (QED) is 0.0619. The van der Waals surface area contributed by atoms with Crippen LogP contribution in [-0.2, 0) is 42.9 Å². The van der Waals surface area contributed by atoms with Gasteiger partial charge in [0.2, 0.25) is 0 Å². The van der Waals surface area contributed by atoms with E-state index in [1.807, 2.05) is 6.07 Å². The molecule has 0 unspecified atom stereocenters. The van der Waals surface area contributed by atoms with Crippen LogP contribution in [0, 0.1) is 0 Å². The number of fused-ring (bicyclic) bond motifs is 3. The lowest BCUT2D eigenvalue weighted by Gasteiger charge is -2.48. The third kappa shape index (κ3) is 10.7. The van der Waals surface area contributed by atoms with E-state index in [9.17, 15) is 5.11 Å². The molecule has 10 atom stereocenters. The molecule has 2 aliphatic rings. The fourth-order valence-electron chi connectivity index (χ4n) is 9.15. The van der Waals surface area contributed by atoms with E-state index in [1.165, 1.54) is 49.0 Å². The van der Waals surface area contributed by atoms with Gasteiger partial charge in [-0.2, -0.15) is 0 Å². The summed E-state index contributed by atoms with van der Waals surface area (Å²) in [5.74, 6) is 0. The Labute approximate surface area is 359 Å². The summed E-state index contributed by atoms with van der Waals surface area (Å²) in [4.78, 5) is 0. The van der Waals surface area contributed by atoms with Crippen LogP contribution in [0.2, 0.25) is 0 Å². The second-order valence-corrected chi connectivity index (χ2v) is 16.9. The van der Waals surface area contributed by atoms with Crippen molar-refractivity contribution >= 4 is 32.3 Å². The molecular formula is C51H62N4O6. The number of aryl methyl sites for hydroxylation is 3. The Hall–Kier alpha value is -4.30. The minimum Gasteiger partial charge on any atom is -0.388 e. The van der Waals surface area contributed by atoms with Crippen LogP contribution in [0.4, 0.5) is 0 Å². The molecule has 1 aliphatic carbocycles. The monoisotopic (exact) mass is 826 g/mol. The van der Waals surface area contributed by atoms with Crippen molar-refractivity contribution in [3.63, 3.8) is 0 Å². The molecule has 9 N–H and O–H groups in total. The van der Waals surface area contributed by atoms with E-state index in [4.69, 9.17) is 46.6 Å². The van der Waals surface area contributed by atoms with Crippen molar-refractivity contribution in [2.24, 2.45) is 22.9 Å². The van der Waals surface area contributed by atoms with E-state index in [0.29, 0.717) is 26.2 Å². The van der Waals surface area contributed by atoms with Crippen LogP contribution in [0.25, 0.3) is 32.3 Å². The summed E-state index contributed by atoms with van der Waals surface area (Å²) in [6.45, 7) is 1.50. The van der Waals surface area contributed by atoms with E-state index in [0.717, 1.165) is 38.5 Å². The van der Waals surface area contributed by atoms with Gasteiger partial charge >= 0.3 is 0 Å². The first-order chi connectivity index (χ1) is 29.8. The van der Waals surface area contributed by atoms with Crippen molar-refractivity contribution < 1.29 is 28.8 Å². The van der Waals surface area contributed by atoms with Gasteiger partial charge in [0.15, 0.2) is 6.29 Å². The molecule has 6 aromatic rings. The van der Waals surface area contributed by atoms with Crippen LogP contribution in [-0.4, -0.2) is 92.5 Å². The largest absolute Gasteiger partial charge is 0.388 e. The fraction of sp³-hybridized carbons (Fsp3) is 0.412. The number of hydrogen-bond acceptors (Lipinski definition) is 10. The van der Waals surface area contributed by atoms with Crippen molar-refractivity contribution in [3.8, 4) is 0 Å². The lowest BCUT2D eigenvalue weighted by Crippen LogP contribution is -2.68. The molecule has 0 bridgehead atoms. The highest BCUT2D eigenvalue weighted by Gasteiger charge is 2.50. The van der Waals surface area contributed by atoms with E-state index >= 15 is 0 Å². The Balaban J connectivity index is 0.904. The Morgan fingerprint density at radius 3 is 1.38 bits per heavy atom. The van der Waals surface area contributed by atoms with Gasteiger partial charge in [0, 0.05) is 38.4 Å². The van der Waals surface area contributed by atoms with Gasteiger partial charge in [0.25, 0.3) is 0 Å². The average Bonchev–Trinajstić information content (AvgIpc) is 3.28. The third-order valence-electron chi connectivity index (χ3n) is 12.5. The molecule has 2 fully saturated rings. The lowest BCUT2D eigenvalue weighted by atomic mass is 9.84. The van der Waals surface area contributed by atoms with Gasteiger partial charge in [0.05, 0.1) is 6.04 Å². The van der Waals surface area contributed by atoms with Crippen LogP contribution in [0.3, 0.4) is 0 Å². The van der Waals surface area contributed by atoms with Gasteiger partial charge in [-0.15, -0.1) is 0 Å². The third-order valence-corrected chi connectivity index (χ3v) is 12.5. The number of rotatable bonds is 18. The molecule has 322 valence electrons. The molecular weight excluding hydrogens is 765 g/mol. The highest BCUT2D eigenvalue weighted by Crippen LogP contribution is 2.31. The standard InChI is InChI=1S/C51H62N4O6/c52-32-44-49(58-26-8-11-34-20-23-37-14-2-5-17-40(37)29-34)50(59-27-9-12-35-21-24-38-15-3-6-18-41(38)30-35)45(55)51(60-44)61-48-43(54)31-42(53)47(46(48)56)57-25-7-10-33-19-22-36-13-1-4-16-39(36)28-33/h1-6,13-24,28-30,42-51,56H,7-12,25-27,31-32,52-55H2/t42-,43+,44-,45-,46-,47+,48-,49-,50-,51-/m1/s1. The van der Waals surface area contributed by atoms with E-state index in [-0.39, 0.29) is 6.54 Å². The lowest BCUT2D eigenvalue weighted by molar-refractivity contribution is -0.299. The second-order valence-electron chi connectivity index (χ2n) is 16.9. The zero-order valence-electron chi connectivity index (χ0n) is 35.0. The molecule has 61 heavy (non-hydrogen) atoms. The van der Waals surface area contributed by atoms with E-state index < -0.39 is 61.0 Å². The van der Waals surface area contributed by atoms with Crippen LogP contribution in [0.15, 0.2) is 127 Å². The normalized spacial score (nSPS) is 26.9. The maximum atomic E-state index is 11.7. The molecule has 0 amide bonds. The number of aliphatic hydroxyl groups excluding tert-OH is 1. The Morgan fingerprint density at radius 1 is 0.508 bits per heavy atom. The average molecular weight is 827 g/mol. The Morgan fingerprint density at radius 2 is 0.918 bits per heavy atom. The predicted molar refractivity (Wildman–Crippen MR) is 243 cm³/mol. The van der Waals surface area contributed by atoms with Crippen molar-refractivity contribution in [1.82, 2.24) is 0 Å². The number of ether oxygens (including phenoxy) is 5. The minimum atomic E-state index is -1.10. The molecule has 10 heteroatoms. The molecule has 0 spiro atoms. The molecule has 1 aliphatic heterocycles. The molecule has 1 saturated heterocycles. The van der Waals surface area contributed by atoms with Crippen LogP contribution >= 0.6 is 0 Å². The van der Waals surface area contributed by atoms with Crippen LogP contribution in [0.5, 0.6) is 0 Å². The summed E-state index contributed by atoms with van der Waals surface area (Å²) in [6, 6.07) is 42.9. The summed E-state index contributed by atoms with van der Waals surface area (Å²) in [6.07, 6.45) is -0.00551. The highest BCUT2D eigenvalue weighted by molar-refractivity contribution is 5.84. The smallest absolute Gasteiger partial charge is 0.176 e. The number of hydrogen-bond donors (Lipinski definition) is 5. The molecule has 1 saturated carbocycles.